The maximum Gasteiger partial charge on any atom is 0.236 e. The molecule has 1 amide bonds. The van der Waals surface area contributed by atoms with Crippen LogP contribution in [0.3, 0.4) is 0 Å². The van der Waals surface area contributed by atoms with Crippen molar-refractivity contribution in [2.75, 3.05) is 11.1 Å². The Hall–Kier alpha value is -2.49. The average molecular weight is 456 g/mol. The molecule has 0 unspecified atom stereocenters. The number of amides is 1. The number of aryl methyl sites for hydroxylation is 2. The van der Waals surface area contributed by atoms with Gasteiger partial charge in [-0.3, -0.25) is 4.79 Å². The van der Waals surface area contributed by atoms with Crippen LogP contribution >= 0.6 is 34.4 Å². The van der Waals surface area contributed by atoms with Gasteiger partial charge in [-0.15, -0.1) is 32.9 Å². The Kier molecular flexibility index (Phi) is 6.31. The van der Waals surface area contributed by atoms with Gasteiger partial charge in [-0.2, -0.15) is 0 Å². The van der Waals surface area contributed by atoms with Gasteiger partial charge in [0.25, 0.3) is 0 Å². The van der Waals surface area contributed by atoms with Crippen LogP contribution in [0.15, 0.2) is 46.9 Å². The molecule has 0 atom stereocenters. The highest BCUT2D eigenvalue weighted by molar-refractivity contribution is 7.99. The minimum absolute atomic E-state index is 0.105. The average Bonchev–Trinajstić information content (AvgIpc) is 3.46. The van der Waals surface area contributed by atoms with Gasteiger partial charge in [-0.1, -0.05) is 36.0 Å². The molecule has 4 aromatic rings. The SMILES string of the molecule is CCn1c(SCC(=O)Nc2nc(-c3ccc(C)s3)cs2)nnc1-c1ccccc1C. The number of thiazole rings is 1. The Morgan fingerprint density at radius 3 is 2.73 bits per heavy atom. The Morgan fingerprint density at radius 2 is 2.00 bits per heavy atom. The number of carbonyl (C=O) groups excluding carboxylic acids is 1. The van der Waals surface area contributed by atoms with E-state index in [9.17, 15) is 4.79 Å². The fraction of sp³-hybridized carbons (Fsp3) is 0.238. The van der Waals surface area contributed by atoms with Gasteiger partial charge in [0.15, 0.2) is 16.1 Å². The van der Waals surface area contributed by atoms with E-state index in [-0.39, 0.29) is 11.7 Å². The molecule has 0 aliphatic heterocycles. The number of carbonyl (C=O) groups is 1. The van der Waals surface area contributed by atoms with Crippen molar-refractivity contribution in [3.8, 4) is 22.0 Å². The van der Waals surface area contributed by atoms with Gasteiger partial charge in [0.2, 0.25) is 5.91 Å². The Balaban J connectivity index is 1.41. The third-order valence-corrected chi connectivity index (χ3v) is 7.24. The van der Waals surface area contributed by atoms with E-state index >= 15 is 0 Å². The third-order valence-electron chi connectivity index (χ3n) is 4.49. The summed E-state index contributed by atoms with van der Waals surface area (Å²) in [4.78, 5) is 19.3. The van der Waals surface area contributed by atoms with Crippen molar-refractivity contribution in [3.63, 3.8) is 0 Å². The Bertz CT molecular complexity index is 1180. The van der Waals surface area contributed by atoms with Gasteiger partial charge in [-0.05, 0) is 38.5 Å². The lowest BCUT2D eigenvalue weighted by atomic mass is 10.1. The van der Waals surface area contributed by atoms with Crippen molar-refractivity contribution >= 4 is 45.5 Å². The summed E-state index contributed by atoms with van der Waals surface area (Å²) in [6.45, 7) is 6.92. The predicted octanol–water partition coefficient (Wildman–Crippen LogP) is 5.50. The van der Waals surface area contributed by atoms with Crippen LogP contribution in [0, 0.1) is 13.8 Å². The minimum Gasteiger partial charge on any atom is -0.302 e. The van der Waals surface area contributed by atoms with Crippen LogP contribution in [0.4, 0.5) is 5.13 Å². The summed E-state index contributed by atoms with van der Waals surface area (Å²) in [5.41, 5.74) is 3.10. The number of nitrogens with one attached hydrogen (secondary N) is 1. The number of thioether (sulfide) groups is 1. The molecular weight excluding hydrogens is 434 g/mol. The third kappa shape index (κ3) is 4.48. The summed E-state index contributed by atoms with van der Waals surface area (Å²) in [5, 5.41) is 14.9. The van der Waals surface area contributed by atoms with Gasteiger partial charge in [-0.25, -0.2) is 4.98 Å². The van der Waals surface area contributed by atoms with E-state index in [1.165, 1.54) is 28.0 Å². The number of aromatic nitrogens is 4. The first-order chi connectivity index (χ1) is 14.5. The molecular formula is C21H21N5OS3. The fourth-order valence-corrected chi connectivity index (χ4v) is 5.44. The second-order valence-electron chi connectivity index (χ2n) is 6.65. The zero-order valence-corrected chi connectivity index (χ0v) is 19.3. The maximum absolute atomic E-state index is 12.4. The van der Waals surface area contributed by atoms with E-state index in [0.717, 1.165) is 39.2 Å². The largest absolute Gasteiger partial charge is 0.302 e. The Labute approximate surface area is 187 Å². The number of nitrogens with zero attached hydrogens (tertiary/aromatic N) is 4. The highest BCUT2D eigenvalue weighted by Crippen LogP contribution is 2.31. The first-order valence-corrected chi connectivity index (χ1v) is 12.2. The smallest absolute Gasteiger partial charge is 0.236 e. The monoisotopic (exact) mass is 455 g/mol. The number of thiophene rings is 1. The van der Waals surface area contributed by atoms with Crippen LogP contribution in [-0.2, 0) is 11.3 Å². The summed E-state index contributed by atoms with van der Waals surface area (Å²) < 4.78 is 2.04. The van der Waals surface area contributed by atoms with Crippen molar-refractivity contribution in [1.82, 2.24) is 19.7 Å². The molecule has 0 radical (unpaired) electrons. The number of anilines is 1. The molecule has 0 aliphatic carbocycles. The van der Waals surface area contributed by atoms with Crippen molar-refractivity contribution < 1.29 is 4.79 Å². The summed E-state index contributed by atoms with van der Waals surface area (Å²) in [7, 11) is 0. The maximum atomic E-state index is 12.4. The van der Waals surface area contributed by atoms with Crippen LogP contribution in [-0.4, -0.2) is 31.4 Å². The van der Waals surface area contributed by atoms with Crippen LogP contribution in [0.2, 0.25) is 0 Å². The molecule has 0 aliphatic rings. The summed E-state index contributed by atoms with van der Waals surface area (Å²) >= 11 is 4.51. The molecule has 6 nitrogen and oxygen atoms in total. The van der Waals surface area contributed by atoms with E-state index in [4.69, 9.17) is 0 Å². The second-order valence-corrected chi connectivity index (χ2v) is 9.74. The molecule has 9 heteroatoms. The number of benzene rings is 1. The molecule has 0 bridgehead atoms. The van der Waals surface area contributed by atoms with Crippen LogP contribution in [0.1, 0.15) is 17.4 Å². The van der Waals surface area contributed by atoms with Crippen LogP contribution in [0.25, 0.3) is 22.0 Å². The van der Waals surface area contributed by atoms with Crippen molar-refractivity contribution in [2.45, 2.75) is 32.5 Å². The topological polar surface area (TPSA) is 72.7 Å². The molecule has 1 N–H and O–H groups in total. The highest BCUT2D eigenvalue weighted by Gasteiger charge is 2.16. The van der Waals surface area contributed by atoms with E-state index in [1.54, 1.807) is 11.3 Å². The molecule has 154 valence electrons. The minimum atomic E-state index is -0.105. The molecule has 30 heavy (non-hydrogen) atoms. The fourth-order valence-electron chi connectivity index (χ4n) is 3.01. The number of rotatable bonds is 7. The zero-order valence-electron chi connectivity index (χ0n) is 16.9. The van der Waals surface area contributed by atoms with Gasteiger partial charge in [0.05, 0.1) is 16.3 Å². The van der Waals surface area contributed by atoms with E-state index in [0.29, 0.717) is 5.13 Å². The molecule has 0 saturated carbocycles. The normalized spacial score (nSPS) is 11.0. The standard InChI is InChI=1S/C21H21N5OS3/c1-4-26-19(15-8-6-5-7-13(15)2)24-25-21(26)29-12-18(27)23-20-22-16(11-28-20)17-10-9-14(3)30-17/h5-11H,4,12H2,1-3H3,(H,22,23,27). The molecule has 0 spiro atoms. The number of hydrogen-bond donors (Lipinski definition) is 1. The molecule has 3 aromatic heterocycles. The molecule has 0 fully saturated rings. The van der Waals surface area contributed by atoms with Crippen LogP contribution in [0.5, 0.6) is 0 Å². The lowest BCUT2D eigenvalue weighted by Crippen LogP contribution is -2.14. The predicted molar refractivity (Wildman–Crippen MR) is 125 cm³/mol. The lowest BCUT2D eigenvalue weighted by Gasteiger charge is -2.09. The molecule has 0 saturated heterocycles. The Morgan fingerprint density at radius 1 is 1.17 bits per heavy atom. The number of hydrogen-bond acceptors (Lipinski definition) is 7. The highest BCUT2D eigenvalue weighted by atomic mass is 32.2. The van der Waals surface area contributed by atoms with Gasteiger partial charge in [0, 0.05) is 22.4 Å². The van der Waals surface area contributed by atoms with Crippen LogP contribution < -0.4 is 5.32 Å². The lowest BCUT2D eigenvalue weighted by molar-refractivity contribution is -0.113. The quantitative estimate of drug-likeness (QED) is 0.373. The van der Waals surface area contributed by atoms with Crippen molar-refractivity contribution in [3.05, 3.63) is 52.2 Å². The first-order valence-electron chi connectivity index (χ1n) is 9.49. The van der Waals surface area contributed by atoms with Crippen molar-refractivity contribution in [1.29, 1.82) is 0 Å². The first kappa shape index (κ1) is 20.8. The van der Waals surface area contributed by atoms with E-state index < -0.39 is 0 Å². The van der Waals surface area contributed by atoms with E-state index in [1.807, 2.05) is 28.1 Å². The van der Waals surface area contributed by atoms with Gasteiger partial charge < -0.3 is 9.88 Å². The summed E-state index contributed by atoms with van der Waals surface area (Å²) in [6.07, 6.45) is 0. The van der Waals surface area contributed by atoms with Crippen molar-refractivity contribution in [2.24, 2.45) is 0 Å². The molecule has 4 rings (SSSR count). The zero-order chi connectivity index (χ0) is 21.1. The molecule has 1 aromatic carbocycles. The summed E-state index contributed by atoms with van der Waals surface area (Å²) in [5.74, 6) is 0.972. The molecule has 3 heterocycles. The van der Waals surface area contributed by atoms with Gasteiger partial charge in [0.1, 0.15) is 0 Å². The second kappa shape index (κ2) is 9.11. The van der Waals surface area contributed by atoms with E-state index in [2.05, 4.69) is 59.5 Å². The summed E-state index contributed by atoms with van der Waals surface area (Å²) in [6, 6.07) is 12.2. The van der Waals surface area contributed by atoms with Gasteiger partial charge >= 0.3 is 0 Å².